The molecule has 0 spiro atoms. The highest BCUT2D eigenvalue weighted by atomic mass is 15.0. The molecule has 0 saturated heterocycles. The van der Waals surface area contributed by atoms with Gasteiger partial charge in [-0.3, -0.25) is 0 Å². The van der Waals surface area contributed by atoms with Gasteiger partial charge in [-0.05, 0) is 45.2 Å². The molecule has 8 rings (SSSR count). The van der Waals surface area contributed by atoms with Gasteiger partial charge in [0.05, 0.1) is 16.7 Å². The van der Waals surface area contributed by atoms with Crippen molar-refractivity contribution in [2.45, 2.75) is 0 Å². The highest BCUT2D eigenvalue weighted by Gasteiger charge is 2.23. The van der Waals surface area contributed by atoms with Crippen LogP contribution in [0.2, 0.25) is 0 Å². The fraction of sp³-hybridized carbons (Fsp3) is 0. The van der Waals surface area contributed by atoms with Crippen LogP contribution in [0.5, 0.6) is 0 Å². The molecule has 0 aliphatic heterocycles. The maximum Gasteiger partial charge on any atom is 0.0619 e. The number of benzene rings is 6. The van der Waals surface area contributed by atoms with Crippen LogP contribution in [0.3, 0.4) is 0 Å². The van der Waals surface area contributed by atoms with Crippen LogP contribution >= 0.6 is 0 Å². The molecule has 1 nitrogen and oxygen atoms in total. The molecule has 0 atom stereocenters. The number of nitrogens with zero attached hydrogens (tertiary/aromatic N) is 1. The Morgan fingerprint density at radius 3 is 1.94 bits per heavy atom. The lowest BCUT2D eigenvalue weighted by atomic mass is 10.0. The summed E-state index contributed by atoms with van der Waals surface area (Å²) in [4.78, 5) is 0. The number of fused-ring (bicyclic) bond motifs is 8. The van der Waals surface area contributed by atoms with Gasteiger partial charge in [0.15, 0.2) is 0 Å². The van der Waals surface area contributed by atoms with E-state index in [1.165, 1.54) is 71.3 Å². The first-order chi connectivity index (χ1) is 16.4. The number of rotatable bonds is 1. The average molecular weight is 418 g/mol. The maximum absolute atomic E-state index is 2.48. The van der Waals surface area contributed by atoms with E-state index in [2.05, 4.69) is 120 Å². The SMILES string of the molecule is c1ccc2c(c1)-c1cccc3c(-n4c5ccccc5c5ccc6ccccc6c54)ccc-2c13. The van der Waals surface area contributed by atoms with Gasteiger partial charge in [-0.1, -0.05) is 103 Å². The summed E-state index contributed by atoms with van der Waals surface area (Å²) in [6, 6.07) is 42.2. The van der Waals surface area contributed by atoms with Crippen molar-refractivity contribution >= 4 is 43.4 Å². The summed E-state index contributed by atoms with van der Waals surface area (Å²) in [5.74, 6) is 0. The lowest BCUT2D eigenvalue weighted by Gasteiger charge is -2.14. The number of para-hydroxylation sites is 1. The Hall–Kier alpha value is -4.36. The smallest absolute Gasteiger partial charge is 0.0619 e. The first-order valence-electron chi connectivity index (χ1n) is 11.5. The van der Waals surface area contributed by atoms with E-state index in [1.807, 2.05) is 0 Å². The van der Waals surface area contributed by atoms with Crippen LogP contribution in [0, 0.1) is 0 Å². The van der Waals surface area contributed by atoms with Crippen molar-refractivity contribution in [3.8, 4) is 27.9 Å². The lowest BCUT2D eigenvalue weighted by Crippen LogP contribution is -1.96. The molecule has 1 aromatic heterocycles. The quantitative estimate of drug-likeness (QED) is 0.252. The van der Waals surface area contributed by atoms with Gasteiger partial charge in [-0.2, -0.15) is 0 Å². The van der Waals surface area contributed by atoms with Gasteiger partial charge in [-0.25, -0.2) is 0 Å². The third-order valence-corrected chi connectivity index (χ3v) is 7.33. The molecule has 0 fully saturated rings. The number of aromatic nitrogens is 1. The molecule has 33 heavy (non-hydrogen) atoms. The third-order valence-electron chi connectivity index (χ3n) is 7.33. The molecule has 6 aromatic carbocycles. The van der Waals surface area contributed by atoms with Crippen LogP contribution in [0.15, 0.2) is 115 Å². The second-order valence-electron chi connectivity index (χ2n) is 8.94. The fourth-order valence-corrected chi connectivity index (χ4v) is 5.97. The second-order valence-corrected chi connectivity index (χ2v) is 8.94. The van der Waals surface area contributed by atoms with Crippen LogP contribution in [-0.4, -0.2) is 4.57 Å². The zero-order valence-electron chi connectivity index (χ0n) is 17.9. The Labute approximate surface area is 191 Å². The Balaban J connectivity index is 1.59. The zero-order chi connectivity index (χ0) is 21.5. The third kappa shape index (κ3) is 2.12. The molecule has 7 aromatic rings. The van der Waals surface area contributed by atoms with Crippen molar-refractivity contribution in [2.75, 3.05) is 0 Å². The van der Waals surface area contributed by atoms with Crippen molar-refractivity contribution in [2.24, 2.45) is 0 Å². The Morgan fingerprint density at radius 2 is 1.06 bits per heavy atom. The van der Waals surface area contributed by atoms with E-state index in [0.717, 1.165) is 0 Å². The molecule has 0 amide bonds. The van der Waals surface area contributed by atoms with Crippen LogP contribution < -0.4 is 0 Å². The van der Waals surface area contributed by atoms with Crippen LogP contribution in [0.25, 0.3) is 71.3 Å². The number of hydrogen-bond donors (Lipinski definition) is 0. The minimum absolute atomic E-state index is 1.24. The number of hydrogen-bond acceptors (Lipinski definition) is 0. The van der Waals surface area contributed by atoms with Crippen LogP contribution in [0.4, 0.5) is 0 Å². The van der Waals surface area contributed by atoms with Crippen LogP contribution in [0.1, 0.15) is 0 Å². The van der Waals surface area contributed by atoms with Crippen molar-refractivity contribution in [1.82, 2.24) is 4.57 Å². The molecule has 152 valence electrons. The van der Waals surface area contributed by atoms with E-state index >= 15 is 0 Å². The summed E-state index contributed by atoms with van der Waals surface area (Å²) >= 11 is 0. The largest absolute Gasteiger partial charge is 0.308 e. The first kappa shape index (κ1) is 17.2. The summed E-state index contributed by atoms with van der Waals surface area (Å²) in [7, 11) is 0. The summed E-state index contributed by atoms with van der Waals surface area (Å²) in [5, 5.41) is 7.82. The van der Waals surface area contributed by atoms with Crippen molar-refractivity contribution in [1.29, 1.82) is 0 Å². The minimum Gasteiger partial charge on any atom is -0.308 e. The van der Waals surface area contributed by atoms with E-state index in [9.17, 15) is 0 Å². The summed E-state index contributed by atoms with van der Waals surface area (Å²) in [6.45, 7) is 0. The molecule has 0 N–H and O–H groups in total. The average Bonchev–Trinajstić information content (AvgIpc) is 3.39. The monoisotopic (exact) mass is 417 g/mol. The molecule has 0 unspecified atom stereocenters. The predicted molar refractivity (Wildman–Crippen MR) is 140 cm³/mol. The predicted octanol–water partition coefficient (Wildman–Crippen LogP) is 8.74. The van der Waals surface area contributed by atoms with E-state index in [1.54, 1.807) is 0 Å². The standard InChI is InChI=1S/C32H19N/c1-2-9-21-20(8-1)16-17-27-24-12-5-6-15-29(24)33(32(21)27)30-19-18-26-23-11-4-3-10-22(23)25-13-7-14-28(30)31(25)26/h1-19H. The normalized spacial score (nSPS) is 12.2. The molecular formula is C32H19N. The van der Waals surface area contributed by atoms with E-state index in [4.69, 9.17) is 0 Å². The molecular weight excluding hydrogens is 398 g/mol. The zero-order valence-corrected chi connectivity index (χ0v) is 17.9. The maximum atomic E-state index is 2.48. The van der Waals surface area contributed by atoms with Gasteiger partial charge >= 0.3 is 0 Å². The lowest BCUT2D eigenvalue weighted by molar-refractivity contribution is 1.21. The van der Waals surface area contributed by atoms with E-state index < -0.39 is 0 Å². The molecule has 0 bridgehead atoms. The molecule has 0 saturated carbocycles. The minimum atomic E-state index is 1.24. The van der Waals surface area contributed by atoms with Gasteiger partial charge in [0, 0.05) is 21.5 Å². The molecule has 1 heterocycles. The Kier molecular flexibility index (Phi) is 3.19. The topological polar surface area (TPSA) is 4.93 Å². The highest BCUT2D eigenvalue weighted by molar-refractivity contribution is 6.21. The van der Waals surface area contributed by atoms with Gasteiger partial charge in [0.2, 0.25) is 0 Å². The van der Waals surface area contributed by atoms with E-state index in [-0.39, 0.29) is 0 Å². The Bertz CT molecular complexity index is 1890. The molecule has 0 radical (unpaired) electrons. The summed E-state index contributed by atoms with van der Waals surface area (Å²) < 4.78 is 2.48. The Morgan fingerprint density at radius 1 is 0.394 bits per heavy atom. The van der Waals surface area contributed by atoms with Gasteiger partial charge in [0.1, 0.15) is 0 Å². The van der Waals surface area contributed by atoms with Gasteiger partial charge in [0.25, 0.3) is 0 Å². The summed E-state index contributed by atoms with van der Waals surface area (Å²) in [6.07, 6.45) is 0. The second kappa shape index (κ2) is 6.11. The molecule has 1 heteroatoms. The van der Waals surface area contributed by atoms with Crippen molar-refractivity contribution < 1.29 is 0 Å². The van der Waals surface area contributed by atoms with Gasteiger partial charge in [-0.15, -0.1) is 0 Å². The van der Waals surface area contributed by atoms with Crippen LogP contribution in [-0.2, 0) is 0 Å². The fourth-order valence-electron chi connectivity index (χ4n) is 5.97. The van der Waals surface area contributed by atoms with Crippen molar-refractivity contribution in [3.63, 3.8) is 0 Å². The van der Waals surface area contributed by atoms with Crippen molar-refractivity contribution in [3.05, 3.63) is 115 Å². The summed E-state index contributed by atoms with van der Waals surface area (Å²) in [5.41, 5.74) is 9.12. The highest BCUT2D eigenvalue weighted by Crippen LogP contribution is 2.49. The first-order valence-corrected chi connectivity index (χ1v) is 11.5. The molecule has 1 aliphatic rings. The van der Waals surface area contributed by atoms with Gasteiger partial charge < -0.3 is 4.57 Å². The molecule has 1 aliphatic carbocycles. The van der Waals surface area contributed by atoms with E-state index in [0.29, 0.717) is 0 Å².